The molecule has 2 fully saturated rings. The second-order valence-electron chi connectivity index (χ2n) is 7.36. The summed E-state index contributed by atoms with van der Waals surface area (Å²) in [5.41, 5.74) is 1.34. The quantitative estimate of drug-likeness (QED) is 0.730. The van der Waals surface area contributed by atoms with Crippen LogP contribution in [0.5, 0.6) is 0 Å². The van der Waals surface area contributed by atoms with E-state index in [1.54, 1.807) is 18.3 Å². The van der Waals surface area contributed by atoms with Gasteiger partial charge in [-0.05, 0) is 43.5 Å². The van der Waals surface area contributed by atoms with Crippen LogP contribution >= 0.6 is 23.2 Å². The van der Waals surface area contributed by atoms with Gasteiger partial charge in [0, 0.05) is 42.0 Å². The third-order valence-electron chi connectivity index (χ3n) is 5.08. The second-order valence-corrected chi connectivity index (χ2v) is 8.21. The third-order valence-corrected chi connectivity index (χ3v) is 5.64. The van der Waals surface area contributed by atoms with Crippen LogP contribution in [0.15, 0.2) is 30.5 Å². The van der Waals surface area contributed by atoms with Gasteiger partial charge in [0.25, 0.3) is 5.91 Å². The van der Waals surface area contributed by atoms with Gasteiger partial charge >= 0.3 is 0 Å². The predicted octanol–water partition coefficient (Wildman–Crippen LogP) is 2.79. The molecule has 0 radical (unpaired) electrons. The first-order valence-electron chi connectivity index (χ1n) is 9.60. The zero-order chi connectivity index (χ0) is 20.4. The summed E-state index contributed by atoms with van der Waals surface area (Å²) in [6.45, 7) is 1.29. The summed E-state index contributed by atoms with van der Waals surface area (Å²) < 4.78 is 0. The van der Waals surface area contributed by atoms with E-state index in [0.29, 0.717) is 17.5 Å². The number of carbonyl (C=O) groups excluding carboxylic acids is 2. The van der Waals surface area contributed by atoms with E-state index < -0.39 is 5.91 Å². The van der Waals surface area contributed by atoms with E-state index in [4.69, 9.17) is 23.2 Å². The number of nitrogens with one attached hydrogen (secondary N) is 2. The molecule has 152 valence electrons. The Bertz CT molecular complexity index is 935. The molecule has 7 nitrogen and oxygen atoms in total. The van der Waals surface area contributed by atoms with E-state index in [-0.39, 0.29) is 29.1 Å². The number of hydrogen-bond acceptors (Lipinski definition) is 5. The van der Waals surface area contributed by atoms with Crippen molar-refractivity contribution in [3.63, 3.8) is 0 Å². The zero-order valence-corrected chi connectivity index (χ0v) is 17.2. The number of amides is 2. The SMILES string of the molecule is O=C(CNC(=O)c1cc(Cl)ccc1Cl)NC1CCN(c2nccc(C3CC3)n2)C1. The highest BCUT2D eigenvalue weighted by molar-refractivity contribution is 6.35. The number of halogens is 2. The van der Waals surface area contributed by atoms with Gasteiger partial charge in [-0.25, -0.2) is 9.97 Å². The van der Waals surface area contributed by atoms with Crippen LogP contribution in [0.2, 0.25) is 10.0 Å². The minimum Gasteiger partial charge on any atom is -0.350 e. The van der Waals surface area contributed by atoms with Crippen LogP contribution in [0, 0.1) is 0 Å². The Labute approximate surface area is 178 Å². The summed E-state index contributed by atoms with van der Waals surface area (Å²) in [7, 11) is 0. The lowest BCUT2D eigenvalue weighted by molar-refractivity contribution is -0.120. The monoisotopic (exact) mass is 433 g/mol. The van der Waals surface area contributed by atoms with Crippen molar-refractivity contribution in [3.8, 4) is 0 Å². The molecule has 1 saturated heterocycles. The fourth-order valence-corrected chi connectivity index (χ4v) is 3.76. The molecule has 4 rings (SSSR count). The molecule has 1 aliphatic carbocycles. The second kappa shape index (κ2) is 8.55. The highest BCUT2D eigenvalue weighted by atomic mass is 35.5. The molecule has 2 heterocycles. The molecule has 1 saturated carbocycles. The molecular formula is C20H21Cl2N5O2. The fraction of sp³-hybridized carbons (Fsp3) is 0.400. The highest BCUT2D eigenvalue weighted by Gasteiger charge is 2.29. The molecule has 1 aromatic carbocycles. The molecular weight excluding hydrogens is 413 g/mol. The highest BCUT2D eigenvalue weighted by Crippen LogP contribution is 2.39. The fourth-order valence-electron chi connectivity index (χ4n) is 3.39. The van der Waals surface area contributed by atoms with Crippen LogP contribution in [-0.4, -0.2) is 47.5 Å². The van der Waals surface area contributed by atoms with Gasteiger partial charge in [-0.2, -0.15) is 0 Å². The number of anilines is 1. The van der Waals surface area contributed by atoms with Crippen molar-refractivity contribution in [1.82, 2.24) is 20.6 Å². The van der Waals surface area contributed by atoms with Gasteiger partial charge in [0.2, 0.25) is 11.9 Å². The van der Waals surface area contributed by atoms with Crippen LogP contribution in [0.1, 0.15) is 41.2 Å². The topological polar surface area (TPSA) is 87.2 Å². The Kier molecular flexibility index (Phi) is 5.87. The molecule has 9 heteroatoms. The van der Waals surface area contributed by atoms with E-state index in [2.05, 4.69) is 25.5 Å². The maximum Gasteiger partial charge on any atom is 0.253 e. The molecule has 0 bridgehead atoms. The Morgan fingerprint density at radius 2 is 2.00 bits per heavy atom. The number of nitrogens with zero attached hydrogens (tertiary/aromatic N) is 3. The number of rotatable bonds is 6. The van der Waals surface area contributed by atoms with Crippen molar-refractivity contribution in [2.75, 3.05) is 24.5 Å². The normalized spacial score (nSPS) is 18.6. The number of carbonyl (C=O) groups is 2. The van der Waals surface area contributed by atoms with Crippen molar-refractivity contribution < 1.29 is 9.59 Å². The molecule has 2 N–H and O–H groups in total. The number of hydrogen-bond donors (Lipinski definition) is 2. The van der Waals surface area contributed by atoms with E-state index in [9.17, 15) is 9.59 Å². The number of aromatic nitrogens is 2. The van der Waals surface area contributed by atoms with Crippen molar-refractivity contribution >= 4 is 41.0 Å². The summed E-state index contributed by atoms with van der Waals surface area (Å²) in [5.74, 6) is 0.600. The lowest BCUT2D eigenvalue weighted by atomic mass is 10.2. The standard InChI is InChI=1S/C20H21Cl2N5O2/c21-13-3-4-16(22)15(9-13)19(29)24-10-18(28)25-14-6-8-27(11-14)20-23-7-5-17(26-20)12-1-2-12/h3-5,7,9,12,14H,1-2,6,8,10-11H2,(H,24,29)(H,25,28). The maximum absolute atomic E-state index is 12.2. The largest absolute Gasteiger partial charge is 0.350 e. The molecule has 29 heavy (non-hydrogen) atoms. The van der Waals surface area contributed by atoms with Gasteiger partial charge in [0.05, 0.1) is 17.1 Å². The van der Waals surface area contributed by atoms with Crippen molar-refractivity contribution in [2.24, 2.45) is 0 Å². The average Bonchev–Trinajstić information content (AvgIpc) is 3.47. The summed E-state index contributed by atoms with van der Waals surface area (Å²) >= 11 is 11.9. The summed E-state index contributed by atoms with van der Waals surface area (Å²) in [6, 6.07) is 6.59. The van der Waals surface area contributed by atoms with Gasteiger partial charge in [0.1, 0.15) is 0 Å². The lowest BCUT2D eigenvalue weighted by Gasteiger charge is -2.17. The van der Waals surface area contributed by atoms with Gasteiger partial charge in [0.15, 0.2) is 0 Å². The van der Waals surface area contributed by atoms with E-state index in [1.807, 2.05) is 6.07 Å². The molecule has 2 amide bonds. The molecule has 2 aromatic rings. The van der Waals surface area contributed by atoms with Gasteiger partial charge in [-0.1, -0.05) is 23.2 Å². The molecule has 1 unspecified atom stereocenters. The van der Waals surface area contributed by atoms with Gasteiger partial charge < -0.3 is 15.5 Å². The maximum atomic E-state index is 12.2. The van der Waals surface area contributed by atoms with Crippen LogP contribution in [0.25, 0.3) is 0 Å². The van der Waals surface area contributed by atoms with E-state index >= 15 is 0 Å². The molecule has 0 spiro atoms. The molecule has 1 aromatic heterocycles. The van der Waals surface area contributed by atoms with Crippen LogP contribution in [0.4, 0.5) is 5.95 Å². The first-order valence-corrected chi connectivity index (χ1v) is 10.4. The van der Waals surface area contributed by atoms with Gasteiger partial charge in [-0.15, -0.1) is 0 Å². The van der Waals surface area contributed by atoms with Crippen LogP contribution < -0.4 is 15.5 Å². The number of benzene rings is 1. The Morgan fingerprint density at radius 1 is 1.17 bits per heavy atom. The average molecular weight is 434 g/mol. The Balaban J connectivity index is 1.27. The van der Waals surface area contributed by atoms with Crippen molar-refractivity contribution in [2.45, 2.75) is 31.2 Å². The minimum absolute atomic E-state index is 0.0117. The minimum atomic E-state index is -0.439. The Hall–Kier alpha value is -2.38. The lowest BCUT2D eigenvalue weighted by Crippen LogP contribution is -2.43. The first kappa shape index (κ1) is 19.9. The first-order chi connectivity index (χ1) is 14.0. The van der Waals surface area contributed by atoms with Crippen molar-refractivity contribution in [3.05, 3.63) is 51.8 Å². The zero-order valence-electron chi connectivity index (χ0n) is 15.7. The summed E-state index contributed by atoms with van der Waals surface area (Å²) in [5, 5.41) is 6.22. The van der Waals surface area contributed by atoms with Crippen molar-refractivity contribution in [1.29, 1.82) is 0 Å². The predicted molar refractivity (Wildman–Crippen MR) is 112 cm³/mol. The molecule has 1 atom stereocenters. The van der Waals surface area contributed by atoms with Crippen LogP contribution in [0.3, 0.4) is 0 Å². The Morgan fingerprint density at radius 3 is 2.79 bits per heavy atom. The van der Waals surface area contributed by atoms with Gasteiger partial charge in [-0.3, -0.25) is 9.59 Å². The summed E-state index contributed by atoms with van der Waals surface area (Å²) in [4.78, 5) is 35.6. The third kappa shape index (κ3) is 4.97. The molecule has 1 aliphatic heterocycles. The van der Waals surface area contributed by atoms with Crippen LogP contribution in [-0.2, 0) is 4.79 Å². The molecule has 2 aliphatic rings. The summed E-state index contributed by atoms with van der Waals surface area (Å²) in [6.07, 6.45) is 5.00. The van der Waals surface area contributed by atoms with E-state index in [1.165, 1.54) is 18.9 Å². The van der Waals surface area contributed by atoms with E-state index in [0.717, 1.165) is 24.6 Å². The smallest absolute Gasteiger partial charge is 0.253 e.